The molecule has 10 rings (SSSR count). The van der Waals surface area contributed by atoms with Crippen molar-refractivity contribution in [2.45, 2.75) is 77.7 Å². The largest absolute Gasteiger partial charge is 0.478 e. The number of benzene rings is 5. The van der Waals surface area contributed by atoms with Gasteiger partial charge >= 0.3 is 12.1 Å². The van der Waals surface area contributed by atoms with Crippen LogP contribution in [-0.2, 0) is 17.6 Å². The van der Waals surface area contributed by atoms with Crippen molar-refractivity contribution in [3.8, 4) is 20.9 Å². The lowest BCUT2D eigenvalue weighted by Crippen LogP contribution is -2.43. The number of carbonyl (C=O) groups excluding carboxylic acids is 3. The van der Waals surface area contributed by atoms with E-state index in [-0.39, 0.29) is 18.0 Å². The van der Waals surface area contributed by atoms with Crippen molar-refractivity contribution in [1.82, 2.24) is 5.32 Å². The molecule has 3 aliphatic heterocycles. The van der Waals surface area contributed by atoms with Crippen LogP contribution in [0.2, 0.25) is 0 Å². The summed E-state index contributed by atoms with van der Waals surface area (Å²) < 4.78 is 5.42. The maximum Gasteiger partial charge on any atom is 0.412 e. The first-order valence-electron chi connectivity index (χ1n) is 26.4. The fourth-order valence-electron chi connectivity index (χ4n) is 9.53. The lowest BCUT2D eigenvalue weighted by atomic mass is 9.98. The third-order valence-electron chi connectivity index (χ3n) is 13.6. The van der Waals surface area contributed by atoms with Crippen LogP contribution in [0.4, 0.5) is 33.2 Å². The molecule has 1 amide bonds. The van der Waals surface area contributed by atoms with E-state index in [9.17, 15) is 19.2 Å². The Morgan fingerprint density at radius 3 is 1.45 bits per heavy atom. The number of amides is 1. The minimum absolute atomic E-state index is 0.0146. The lowest BCUT2D eigenvalue weighted by Gasteiger charge is -2.29. The number of aromatic carboxylic acids is 1. The second kappa shape index (κ2) is 26.5. The van der Waals surface area contributed by atoms with Crippen molar-refractivity contribution in [1.29, 1.82) is 0 Å². The van der Waals surface area contributed by atoms with E-state index in [1.165, 1.54) is 54.8 Å². The van der Waals surface area contributed by atoms with Gasteiger partial charge in [-0.05, 0) is 202 Å². The number of carboxylic acid groups (broad SMARTS) is 1. The van der Waals surface area contributed by atoms with E-state index in [4.69, 9.17) is 15.6 Å². The van der Waals surface area contributed by atoms with Gasteiger partial charge in [0.05, 0.1) is 5.56 Å². The van der Waals surface area contributed by atoms with Gasteiger partial charge in [-0.1, -0.05) is 24.3 Å². The molecule has 3 aliphatic rings. The van der Waals surface area contributed by atoms with Crippen LogP contribution in [0.1, 0.15) is 101 Å². The molecule has 5 N–H and O–H groups in total. The molecular formula is C62H70N6O6S2. The van der Waals surface area contributed by atoms with Crippen LogP contribution >= 0.6 is 22.7 Å². The number of Topliss-reactive ketones (excluding diaryl/α,β-unsaturated/α-hetero) is 2. The monoisotopic (exact) mass is 1060 g/mol. The Kier molecular flexibility index (Phi) is 19.2. The van der Waals surface area contributed by atoms with Crippen molar-refractivity contribution in [2.75, 3.05) is 78.1 Å². The van der Waals surface area contributed by atoms with E-state index in [1.807, 2.05) is 141 Å². The van der Waals surface area contributed by atoms with Crippen molar-refractivity contribution >= 4 is 74.7 Å². The van der Waals surface area contributed by atoms with Gasteiger partial charge in [0.2, 0.25) is 0 Å². The van der Waals surface area contributed by atoms with Crippen molar-refractivity contribution in [3.05, 3.63) is 172 Å². The number of nitrogens with zero attached hydrogens (tertiary/aromatic N) is 3. The number of nitrogens with two attached hydrogens (primary N) is 1. The number of piperidine rings is 2. The Labute approximate surface area is 455 Å². The van der Waals surface area contributed by atoms with Gasteiger partial charge in [0, 0.05) is 115 Å². The fourth-order valence-corrected chi connectivity index (χ4v) is 11.0. The second-order valence-corrected chi connectivity index (χ2v) is 22.2. The van der Waals surface area contributed by atoms with Gasteiger partial charge in [0.1, 0.15) is 5.60 Å². The number of hydrogen-bond donors (Lipinski definition) is 4. The first-order chi connectivity index (χ1) is 36.8. The maximum absolute atomic E-state index is 13.2. The zero-order chi connectivity index (χ0) is 53.4. The Morgan fingerprint density at radius 1 is 0.566 bits per heavy atom. The summed E-state index contributed by atoms with van der Waals surface area (Å²) in [6.07, 6.45) is 7.48. The molecule has 0 spiro atoms. The van der Waals surface area contributed by atoms with E-state index in [2.05, 4.69) is 36.8 Å². The molecule has 14 heteroatoms. The van der Waals surface area contributed by atoms with Crippen LogP contribution in [-0.4, -0.2) is 86.7 Å². The van der Waals surface area contributed by atoms with Gasteiger partial charge in [-0.2, -0.15) is 0 Å². The van der Waals surface area contributed by atoms with E-state index < -0.39 is 17.7 Å². The molecule has 0 aliphatic carbocycles. The Morgan fingerprint density at radius 2 is 1.00 bits per heavy atom. The molecule has 3 saturated heterocycles. The number of nitrogens with one attached hydrogen (secondary N) is 2. The Balaban J connectivity index is 0.000000162. The SMILES string of the molecule is CC(C)(C)OC(=O)Nc1ccc(-c2cccs2)cc1CC(=O)c1ccc(N2CCCCC2)cc1.Nc1ccc(-c2cccs2)cc1CC(=O)c1ccc(N2CCNCC2)cc1.O=C(O)c1ccc(N2CCCCC2)cc1. The molecule has 3 fully saturated rings. The number of anilines is 5. The number of carbonyl (C=O) groups is 4. The van der Waals surface area contributed by atoms with Gasteiger partial charge in [-0.3, -0.25) is 14.9 Å². The number of hydrogen-bond acceptors (Lipinski definition) is 12. The molecule has 5 heterocycles. The summed E-state index contributed by atoms with van der Waals surface area (Å²) in [4.78, 5) is 58.4. The van der Waals surface area contributed by atoms with Crippen molar-refractivity contribution in [2.24, 2.45) is 0 Å². The van der Waals surface area contributed by atoms with E-state index in [0.717, 1.165) is 90.7 Å². The molecule has 396 valence electrons. The molecule has 0 unspecified atom stereocenters. The van der Waals surface area contributed by atoms with Gasteiger partial charge < -0.3 is 35.6 Å². The Bertz CT molecular complexity index is 2990. The number of piperazine rings is 1. The quantitative estimate of drug-likeness (QED) is 0.0644. The number of ether oxygens (including phenoxy) is 1. The summed E-state index contributed by atoms with van der Waals surface area (Å²) in [5.74, 6) is -0.752. The van der Waals surface area contributed by atoms with Crippen LogP contribution in [0.3, 0.4) is 0 Å². The topological polar surface area (TPSA) is 158 Å². The normalized spacial score (nSPS) is 14.6. The average Bonchev–Trinajstić information content (AvgIpc) is 4.20. The molecule has 0 bridgehead atoms. The lowest BCUT2D eigenvalue weighted by molar-refractivity contribution is 0.0633. The van der Waals surface area contributed by atoms with Gasteiger partial charge in [0.25, 0.3) is 0 Å². The number of ketones is 2. The number of thiophene rings is 2. The highest BCUT2D eigenvalue weighted by Crippen LogP contribution is 2.32. The average molecular weight is 1060 g/mol. The molecule has 0 radical (unpaired) electrons. The maximum atomic E-state index is 13.2. The fraction of sp³-hybridized carbons (Fsp3) is 0.323. The third-order valence-corrected chi connectivity index (χ3v) is 15.5. The minimum atomic E-state index is -0.861. The predicted molar refractivity (Wildman–Crippen MR) is 313 cm³/mol. The molecule has 5 aromatic carbocycles. The molecule has 2 aromatic heterocycles. The van der Waals surface area contributed by atoms with Crippen LogP contribution < -0.4 is 31.1 Å². The summed E-state index contributed by atoms with van der Waals surface area (Å²) >= 11 is 3.33. The van der Waals surface area contributed by atoms with E-state index in [0.29, 0.717) is 28.9 Å². The van der Waals surface area contributed by atoms with Crippen LogP contribution in [0.15, 0.2) is 144 Å². The standard InChI is InChI=1S/C28H32N2O3S.C22H23N3OS.C12H15NO2/c1-28(2,3)33-27(32)29-24-14-11-21(26-8-7-17-34-26)18-22(24)19-25(31)20-9-12-23(13-10-20)30-15-5-4-6-16-30;23-20-8-5-17(22-2-1-13-27-22)14-18(20)15-21(26)16-3-6-19(7-4-16)25-11-9-24-10-12-25;14-12(15)10-4-6-11(7-5-10)13-8-2-1-3-9-13/h7-14,17-18H,4-6,15-16,19H2,1-3H3,(H,29,32);1-8,13-14,24H,9-12,15,23H2;4-7H,1-3,8-9H2,(H,14,15). The first kappa shape index (κ1) is 55.0. The Hall–Kier alpha value is -7.26. The molecule has 12 nitrogen and oxygen atoms in total. The van der Waals surface area contributed by atoms with E-state index >= 15 is 0 Å². The minimum Gasteiger partial charge on any atom is -0.478 e. The van der Waals surface area contributed by atoms with E-state index in [1.54, 1.807) is 34.8 Å². The van der Waals surface area contributed by atoms with Crippen molar-refractivity contribution < 1.29 is 29.0 Å². The highest BCUT2D eigenvalue weighted by atomic mass is 32.1. The number of nitrogen functional groups attached to an aromatic ring is 1. The molecule has 76 heavy (non-hydrogen) atoms. The van der Waals surface area contributed by atoms with Crippen LogP contribution in [0.25, 0.3) is 20.9 Å². The zero-order valence-electron chi connectivity index (χ0n) is 43.9. The zero-order valence-corrected chi connectivity index (χ0v) is 45.5. The first-order valence-corrected chi connectivity index (χ1v) is 28.2. The van der Waals surface area contributed by atoms with Gasteiger partial charge in [-0.15, -0.1) is 22.7 Å². The van der Waals surface area contributed by atoms with Crippen LogP contribution in [0.5, 0.6) is 0 Å². The van der Waals surface area contributed by atoms with Gasteiger partial charge in [0.15, 0.2) is 11.6 Å². The van der Waals surface area contributed by atoms with Gasteiger partial charge in [-0.25, -0.2) is 9.59 Å². The highest BCUT2D eigenvalue weighted by molar-refractivity contribution is 7.13. The predicted octanol–water partition coefficient (Wildman–Crippen LogP) is 13.4. The highest BCUT2D eigenvalue weighted by Gasteiger charge is 2.21. The molecular weight excluding hydrogens is 989 g/mol. The molecule has 7 aromatic rings. The second-order valence-electron chi connectivity index (χ2n) is 20.3. The van der Waals surface area contributed by atoms with Crippen LogP contribution in [0, 0.1) is 0 Å². The summed E-state index contributed by atoms with van der Waals surface area (Å²) in [6.45, 7) is 13.8. The van der Waals surface area contributed by atoms with Crippen molar-refractivity contribution in [3.63, 3.8) is 0 Å². The number of carboxylic acids is 1. The molecule has 0 atom stereocenters. The number of rotatable bonds is 13. The summed E-state index contributed by atoms with van der Waals surface area (Å²) in [5, 5.41) is 19.0. The smallest absolute Gasteiger partial charge is 0.412 e. The summed E-state index contributed by atoms with van der Waals surface area (Å²) in [7, 11) is 0. The summed E-state index contributed by atoms with van der Waals surface area (Å²) in [5.41, 5.74) is 15.8. The molecule has 0 saturated carbocycles. The third kappa shape index (κ3) is 15.7. The summed E-state index contributed by atoms with van der Waals surface area (Å²) in [6, 6.07) is 42.9.